The van der Waals surface area contributed by atoms with E-state index in [2.05, 4.69) is 29.2 Å². The van der Waals surface area contributed by atoms with Crippen LogP contribution < -0.4 is 5.73 Å². The molecule has 0 saturated heterocycles. The number of benzene rings is 2. The van der Waals surface area contributed by atoms with E-state index < -0.39 is 0 Å². The van der Waals surface area contributed by atoms with Crippen LogP contribution in [0.2, 0.25) is 0 Å². The number of nitrogens with zero attached hydrogens (tertiary/aromatic N) is 2. The highest BCUT2D eigenvalue weighted by atomic mass is 15.0. The van der Waals surface area contributed by atoms with E-state index in [-0.39, 0.29) is 6.04 Å². The van der Waals surface area contributed by atoms with E-state index in [1.807, 2.05) is 36.0 Å². The first-order chi connectivity index (χ1) is 8.75. The largest absolute Gasteiger partial charge is 0.340 e. The molecule has 3 aromatic rings. The average molecular weight is 237 g/mol. The molecule has 0 spiro atoms. The van der Waals surface area contributed by atoms with Crippen LogP contribution in [0.5, 0.6) is 0 Å². The quantitative estimate of drug-likeness (QED) is 0.744. The molecule has 0 bridgehead atoms. The third kappa shape index (κ3) is 1.79. The predicted molar refractivity (Wildman–Crippen MR) is 73.2 cm³/mol. The van der Waals surface area contributed by atoms with Gasteiger partial charge in [-0.1, -0.05) is 42.5 Å². The van der Waals surface area contributed by atoms with E-state index in [9.17, 15) is 0 Å². The predicted octanol–water partition coefficient (Wildman–Crippen LogP) is 2.62. The van der Waals surface area contributed by atoms with Gasteiger partial charge in [-0.25, -0.2) is 4.98 Å². The maximum atomic E-state index is 6.32. The Morgan fingerprint density at radius 1 is 1.11 bits per heavy atom. The van der Waals surface area contributed by atoms with Crippen molar-refractivity contribution < 1.29 is 0 Å². The molecule has 18 heavy (non-hydrogen) atoms. The van der Waals surface area contributed by atoms with Crippen molar-refractivity contribution in [1.29, 1.82) is 0 Å². The Bertz CT molecular complexity index is 680. The van der Waals surface area contributed by atoms with Crippen LogP contribution >= 0.6 is 0 Å². The summed E-state index contributed by atoms with van der Waals surface area (Å²) in [6, 6.07) is 14.3. The Hall–Kier alpha value is -2.13. The summed E-state index contributed by atoms with van der Waals surface area (Å²) in [6.45, 7) is 0. The van der Waals surface area contributed by atoms with Crippen LogP contribution in [0.4, 0.5) is 0 Å². The van der Waals surface area contributed by atoms with Crippen molar-refractivity contribution in [2.45, 2.75) is 6.04 Å². The van der Waals surface area contributed by atoms with Gasteiger partial charge < -0.3 is 10.3 Å². The van der Waals surface area contributed by atoms with Gasteiger partial charge in [0.25, 0.3) is 0 Å². The highest BCUT2D eigenvalue weighted by Crippen LogP contribution is 2.26. The molecule has 0 radical (unpaired) electrons. The van der Waals surface area contributed by atoms with Crippen molar-refractivity contribution in [2.75, 3.05) is 0 Å². The van der Waals surface area contributed by atoms with Crippen LogP contribution in [-0.4, -0.2) is 9.55 Å². The molecule has 0 fully saturated rings. The molecule has 2 N–H and O–H groups in total. The Labute approximate surface area is 106 Å². The third-order valence-corrected chi connectivity index (χ3v) is 3.20. The fraction of sp³-hybridized carbons (Fsp3) is 0.133. The van der Waals surface area contributed by atoms with Crippen molar-refractivity contribution in [2.24, 2.45) is 12.8 Å². The minimum atomic E-state index is -0.183. The number of imidazole rings is 1. The van der Waals surface area contributed by atoms with Crippen LogP contribution in [-0.2, 0) is 7.05 Å². The lowest BCUT2D eigenvalue weighted by Gasteiger charge is -2.12. The fourth-order valence-electron chi connectivity index (χ4n) is 2.27. The second-order valence-electron chi connectivity index (χ2n) is 4.51. The van der Waals surface area contributed by atoms with Gasteiger partial charge in [-0.3, -0.25) is 0 Å². The molecule has 0 saturated carbocycles. The number of aromatic nitrogens is 2. The summed E-state index contributed by atoms with van der Waals surface area (Å²) in [6.07, 6.45) is 3.74. The Morgan fingerprint density at radius 2 is 1.89 bits per heavy atom. The zero-order chi connectivity index (χ0) is 12.5. The van der Waals surface area contributed by atoms with E-state index in [0.717, 1.165) is 11.3 Å². The lowest BCUT2D eigenvalue weighted by Crippen LogP contribution is -2.12. The van der Waals surface area contributed by atoms with Gasteiger partial charge in [-0.05, 0) is 16.3 Å². The molecule has 0 amide bonds. The van der Waals surface area contributed by atoms with Crippen molar-refractivity contribution in [3.05, 3.63) is 66.2 Å². The lowest BCUT2D eigenvalue weighted by atomic mass is 9.98. The summed E-state index contributed by atoms with van der Waals surface area (Å²) in [5, 5.41) is 2.40. The summed E-state index contributed by atoms with van der Waals surface area (Å²) >= 11 is 0. The number of fused-ring (bicyclic) bond motifs is 1. The Kier molecular flexibility index (Phi) is 2.61. The minimum absolute atomic E-state index is 0.183. The molecule has 1 atom stereocenters. The molecule has 0 aliphatic heterocycles. The average Bonchev–Trinajstić information content (AvgIpc) is 2.84. The van der Waals surface area contributed by atoms with Crippen molar-refractivity contribution in [3.8, 4) is 0 Å². The lowest BCUT2D eigenvalue weighted by molar-refractivity contribution is 0.842. The van der Waals surface area contributed by atoms with Gasteiger partial charge in [0.15, 0.2) is 0 Å². The SMILES string of the molecule is Cn1cnc(C(N)c2cccc3ccccc23)c1. The summed E-state index contributed by atoms with van der Waals surface area (Å²) in [5.74, 6) is 0. The smallest absolute Gasteiger partial charge is 0.0947 e. The maximum absolute atomic E-state index is 6.32. The molecule has 90 valence electrons. The first kappa shape index (κ1) is 11.0. The third-order valence-electron chi connectivity index (χ3n) is 3.20. The van der Waals surface area contributed by atoms with Crippen LogP contribution in [0.15, 0.2) is 55.0 Å². The highest BCUT2D eigenvalue weighted by Gasteiger charge is 2.13. The monoisotopic (exact) mass is 237 g/mol. The van der Waals surface area contributed by atoms with Gasteiger partial charge in [0, 0.05) is 13.2 Å². The number of nitrogens with two attached hydrogens (primary N) is 1. The number of rotatable bonds is 2. The van der Waals surface area contributed by atoms with Gasteiger partial charge in [0.05, 0.1) is 18.1 Å². The van der Waals surface area contributed by atoms with E-state index in [0.29, 0.717) is 0 Å². The molecule has 1 heterocycles. The van der Waals surface area contributed by atoms with Crippen LogP contribution in [0.3, 0.4) is 0 Å². The molecular weight excluding hydrogens is 222 g/mol. The normalized spacial score (nSPS) is 12.8. The Balaban J connectivity index is 2.14. The first-order valence-corrected chi connectivity index (χ1v) is 5.97. The molecule has 2 aromatic carbocycles. The van der Waals surface area contributed by atoms with E-state index in [4.69, 9.17) is 5.73 Å². The molecule has 3 nitrogen and oxygen atoms in total. The Morgan fingerprint density at radius 3 is 2.67 bits per heavy atom. The zero-order valence-corrected chi connectivity index (χ0v) is 10.2. The van der Waals surface area contributed by atoms with Gasteiger partial charge in [0.2, 0.25) is 0 Å². The molecular formula is C15H15N3. The van der Waals surface area contributed by atoms with Crippen LogP contribution in [0.25, 0.3) is 10.8 Å². The van der Waals surface area contributed by atoms with Gasteiger partial charge >= 0.3 is 0 Å². The van der Waals surface area contributed by atoms with Gasteiger partial charge in [-0.15, -0.1) is 0 Å². The zero-order valence-electron chi connectivity index (χ0n) is 10.2. The molecule has 0 aliphatic rings. The van der Waals surface area contributed by atoms with Crippen molar-refractivity contribution >= 4 is 10.8 Å². The van der Waals surface area contributed by atoms with E-state index in [1.165, 1.54) is 10.8 Å². The summed E-state index contributed by atoms with van der Waals surface area (Å²) in [4.78, 5) is 4.34. The first-order valence-electron chi connectivity index (χ1n) is 5.97. The number of hydrogen-bond acceptors (Lipinski definition) is 2. The summed E-state index contributed by atoms with van der Waals surface area (Å²) < 4.78 is 1.92. The molecule has 1 aromatic heterocycles. The van der Waals surface area contributed by atoms with Gasteiger partial charge in [0.1, 0.15) is 0 Å². The number of aryl methyl sites for hydroxylation is 1. The van der Waals surface area contributed by atoms with Crippen molar-refractivity contribution in [3.63, 3.8) is 0 Å². The van der Waals surface area contributed by atoms with Crippen LogP contribution in [0.1, 0.15) is 17.3 Å². The fourth-order valence-corrected chi connectivity index (χ4v) is 2.27. The van der Waals surface area contributed by atoms with E-state index >= 15 is 0 Å². The molecule has 3 heteroatoms. The maximum Gasteiger partial charge on any atom is 0.0947 e. The van der Waals surface area contributed by atoms with E-state index in [1.54, 1.807) is 6.33 Å². The van der Waals surface area contributed by atoms with Gasteiger partial charge in [-0.2, -0.15) is 0 Å². The summed E-state index contributed by atoms with van der Waals surface area (Å²) in [5.41, 5.74) is 8.33. The minimum Gasteiger partial charge on any atom is -0.340 e. The summed E-state index contributed by atoms with van der Waals surface area (Å²) in [7, 11) is 1.95. The molecule has 1 unspecified atom stereocenters. The highest BCUT2D eigenvalue weighted by molar-refractivity contribution is 5.86. The second-order valence-corrected chi connectivity index (χ2v) is 4.51. The van der Waals surface area contributed by atoms with Crippen molar-refractivity contribution in [1.82, 2.24) is 9.55 Å². The molecule has 0 aliphatic carbocycles. The molecule has 3 rings (SSSR count). The second kappa shape index (κ2) is 4.27. The van der Waals surface area contributed by atoms with Crippen LogP contribution in [0, 0.1) is 0 Å². The standard InChI is InChI=1S/C15H15N3/c1-18-9-14(17-10-18)15(16)13-8-4-6-11-5-2-3-7-12(11)13/h2-10,15H,16H2,1H3. The topological polar surface area (TPSA) is 43.8 Å². The number of hydrogen-bond donors (Lipinski definition) is 1.